The Balaban J connectivity index is 1.42. The van der Waals surface area contributed by atoms with Gasteiger partial charge in [-0.3, -0.25) is 9.48 Å². The summed E-state index contributed by atoms with van der Waals surface area (Å²) in [6.07, 6.45) is 0.151. The molecule has 14 heteroatoms. The zero-order chi connectivity index (χ0) is 25.6. The maximum atomic E-state index is 13.3. The van der Waals surface area contributed by atoms with Crippen molar-refractivity contribution in [3.8, 4) is 11.4 Å². The molecule has 186 valence electrons. The van der Waals surface area contributed by atoms with Gasteiger partial charge in [0, 0.05) is 31.9 Å². The van der Waals surface area contributed by atoms with Crippen molar-refractivity contribution < 1.29 is 18.0 Å². The molecule has 0 fully saturated rings. The Kier molecular flexibility index (Phi) is 5.86. The summed E-state index contributed by atoms with van der Waals surface area (Å²) in [4.78, 5) is 31.5. The van der Waals surface area contributed by atoms with Crippen LogP contribution >= 0.6 is 11.6 Å². The number of fused-ring (bicyclic) bond motifs is 1. The van der Waals surface area contributed by atoms with Gasteiger partial charge in [0.2, 0.25) is 5.95 Å². The van der Waals surface area contributed by atoms with Crippen LogP contribution in [-0.4, -0.2) is 51.1 Å². The summed E-state index contributed by atoms with van der Waals surface area (Å²) < 4.78 is 42.5. The number of halogens is 4. The molecule has 1 aliphatic heterocycles. The van der Waals surface area contributed by atoms with Crippen LogP contribution in [0.2, 0.25) is 5.02 Å². The first-order valence-electron chi connectivity index (χ1n) is 10.8. The molecule has 10 nitrogen and oxygen atoms in total. The molecule has 5 heterocycles. The second-order valence-corrected chi connectivity index (χ2v) is 8.66. The third-order valence-corrected chi connectivity index (χ3v) is 5.98. The average molecular weight is 518 g/mol. The van der Waals surface area contributed by atoms with E-state index in [0.717, 1.165) is 6.07 Å². The number of rotatable bonds is 5. The van der Waals surface area contributed by atoms with Gasteiger partial charge in [0.05, 0.1) is 29.7 Å². The number of nitrogens with zero attached hydrogens (tertiary/aromatic N) is 8. The van der Waals surface area contributed by atoms with Crippen LogP contribution in [0.25, 0.3) is 11.4 Å². The van der Waals surface area contributed by atoms with Crippen molar-refractivity contribution >= 4 is 29.3 Å². The van der Waals surface area contributed by atoms with E-state index in [2.05, 4.69) is 30.4 Å². The van der Waals surface area contributed by atoms with Crippen LogP contribution in [-0.2, 0) is 26.3 Å². The van der Waals surface area contributed by atoms with E-state index in [0.29, 0.717) is 23.8 Å². The molecule has 0 saturated heterocycles. The standard InChI is InChI=1S/C22H19ClF3N9O/c1-12-9-34-11-15(18-14(23)8-27-21(32-18)31-17-6-7-28-33(17)2)30-19(34)20(36)35(12)10-13-4-3-5-16(29-13)22(24,25)26/h3-8,11-12H,9-10H2,1-2H3,(H,27,31,32). The number of amides is 1. The van der Waals surface area contributed by atoms with Crippen molar-refractivity contribution in [3.63, 3.8) is 0 Å². The van der Waals surface area contributed by atoms with Gasteiger partial charge in [-0.15, -0.1) is 0 Å². The monoisotopic (exact) mass is 517 g/mol. The Morgan fingerprint density at radius 2 is 2.00 bits per heavy atom. The number of carbonyl (C=O) groups is 1. The molecule has 1 N–H and O–H groups in total. The van der Waals surface area contributed by atoms with Gasteiger partial charge in [0.15, 0.2) is 5.82 Å². The Labute approximate surface area is 207 Å². The Hall–Kier alpha value is -4.00. The van der Waals surface area contributed by atoms with Gasteiger partial charge in [-0.2, -0.15) is 18.3 Å². The average Bonchev–Trinajstić information content (AvgIpc) is 3.43. The second kappa shape index (κ2) is 8.90. The molecule has 1 aliphatic rings. The first-order valence-corrected chi connectivity index (χ1v) is 11.2. The van der Waals surface area contributed by atoms with Crippen LogP contribution in [0.1, 0.15) is 28.9 Å². The fraction of sp³-hybridized carbons (Fsp3) is 0.273. The molecule has 0 bridgehead atoms. The van der Waals surface area contributed by atoms with Crippen molar-refractivity contribution in [2.75, 3.05) is 5.32 Å². The minimum atomic E-state index is -4.57. The molecule has 1 unspecified atom stereocenters. The van der Waals surface area contributed by atoms with E-state index in [1.807, 2.05) is 6.92 Å². The third kappa shape index (κ3) is 4.49. The molecule has 1 atom stereocenters. The van der Waals surface area contributed by atoms with E-state index in [1.54, 1.807) is 34.8 Å². The molecule has 0 saturated carbocycles. The van der Waals surface area contributed by atoms with Crippen LogP contribution in [0.15, 0.2) is 42.9 Å². The highest BCUT2D eigenvalue weighted by Gasteiger charge is 2.35. The number of hydrogen-bond donors (Lipinski definition) is 1. The van der Waals surface area contributed by atoms with Gasteiger partial charge in [-0.1, -0.05) is 17.7 Å². The zero-order valence-corrected chi connectivity index (χ0v) is 19.8. The first-order chi connectivity index (χ1) is 17.1. The Morgan fingerprint density at radius 3 is 2.72 bits per heavy atom. The van der Waals surface area contributed by atoms with Crippen molar-refractivity contribution in [1.29, 1.82) is 0 Å². The minimum Gasteiger partial charge on any atom is -0.326 e. The highest BCUT2D eigenvalue weighted by Crippen LogP contribution is 2.30. The van der Waals surface area contributed by atoms with Crippen molar-refractivity contribution in [2.45, 2.75) is 32.2 Å². The van der Waals surface area contributed by atoms with Crippen LogP contribution in [0, 0.1) is 0 Å². The molecular weight excluding hydrogens is 499 g/mol. The van der Waals surface area contributed by atoms with Crippen molar-refractivity contribution in [3.05, 3.63) is 65.1 Å². The SMILES string of the molecule is CC1Cn2cc(-c3nc(Nc4ccnn4C)ncc3Cl)nc2C(=O)N1Cc1cccc(C(F)(F)F)n1. The summed E-state index contributed by atoms with van der Waals surface area (Å²) in [5.74, 6) is 0.625. The largest absolute Gasteiger partial charge is 0.433 e. The number of aryl methyl sites for hydroxylation is 1. The minimum absolute atomic E-state index is 0.0842. The summed E-state index contributed by atoms with van der Waals surface area (Å²) in [7, 11) is 1.76. The molecule has 0 radical (unpaired) electrons. The molecule has 4 aromatic heterocycles. The molecule has 0 aliphatic carbocycles. The highest BCUT2D eigenvalue weighted by atomic mass is 35.5. The maximum absolute atomic E-state index is 13.3. The van der Waals surface area contributed by atoms with Crippen LogP contribution in [0.5, 0.6) is 0 Å². The summed E-state index contributed by atoms with van der Waals surface area (Å²) >= 11 is 6.35. The number of hydrogen-bond acceptors (Lipinski definition) is 7. The van der Waals surface area contributed by atoms with Crippen LogP contribution in [0.3, 0.4) is 0 Å². The molecule has 5 rings (SSSR count). The molecule has 0 spiro atoms. The molecule has 4 aromatic rings. The fourth-order valence-corrected chi connectivity index (χ4v) is 4.09. The quantitative estimate of drug-likeness (QED) is 0.427. The predicted molar refractivity (Wildman–Crippen MR) is 123 cm³/mol. The van der Waals surface area contributed by atoms with E-state index in [1.165, 1.54) is 23.2 Å². The number of imidazole rings is 1. The number of aromatic nitrogens is 7. The van der Waals surface area contributed by atoms with Gasteiger partial charge in [-0.05, 0) is 19.1 Å². The molecular formula is C22H19ClF3N9O. The van der Waals surface area contributed by atoms with Crippen LogP contribution in [0.4, 0.5) is 24.9 Å². The van der Waals surface area contributed by atoms with E-state index in [9.17, 15) is 18.0 Å². The summed E-state index contributed by atoms with van der Waals surface area (Å²) in [6, 6.07) is 5.07. The smallest absolute Gasteiger partial charge is 0.326 e. The first kappa shape index (κ1) is 23.7. The number of alkyl halides is 3. The van der Waals surface area contributed by atoms with Gasteiger partial charge < -0.3 is 14.8 Å². The van der Waals surface area contributed by atoms with Gasteiger partial charge >= 0.3 is 6.18 Å². The lowest BCUT2D eigenvalue weighted by atomic mass is 10.2. The van der Waals surface area contributed by atoms with Crippen LogP contribution < -0.4 is 5.32 Å². The maximum Gasteiger partial charge on any atom is 0.433 e. The van der Waals surface area contributed by atoms with Gasteiger partial charge in [0.1, 0.15) is 22.9 Å². The van der Waals surface area contributed by atoms with E-state index in [-0.39, 0.29) is 35.1 Å². The second-order valence-electron chi connectivity index (χ2n) is 8.25. The molecule has 36 heavy (non-hydrogen) atoms. The lowest BCUT2D eigenvalue weighted by Crippen LogP contribution is -2.46. The van der Waals surface area contributed by atoms with Crippen molar-refractivity contribution in [1.82, 2.24) is 39.2 Å². The fourth-order valence-electron chi connectivity index (χ4n) is 3.90. The normalized spacial score (nSPS) is 15.8. The zero-order valence-electron chi connectivity index (χ0n) is 19.0. The Bertz CT molecular complexity index is 1450. The summed E-state index contributed by atoms with van der Waals surface area (Å²) in [6.45, 7) is 2.11. The number of nitrogens with one attached hydrogen (secondary N) is 1. The molecule has 0 aromatic carbocycles. The lowest BCUT2D eigenvalue weighted by Gasteiger charge is -2.33. The summed E-state index contributed by atoms with van der Waals surface area (Å²) in [5.41, 5.74) is -0.181. The topological polar surface area (TPSA) is 107 Å². The highest BCUT2D eigenvalue weighted by molar-refractivity contribution is 6.32. The third-order valence-electron chi connectivity index (χ3n) is 5.70. The van der Waals surface area contributed by atoms with Crippen molar-refractivity contribution in [2.24, 2.45) is 7.05 Å². The van der Waals surface area contributed by atoms with E-state index in [4.69, 9.17) is 11.6 Å². The number of anilines is 2. The van der Waals surface area contributed by atoms with Gasteiger partial charge in [0.25, 0.3) is 5.91 Å². The van der Waals surface area contributed by atoms with E-state index < -0.39 is 17.8 Å². The lowest BCUT2D eigenvalue weighted by molar-refractivity contribution is -0.141. The number of carbonyl (C=O) groups excluding carboxylic acids is 1. The predicted octanol–water partition coefficient (Wildman–Crippen LogP) is 3.93. The molecule has 1 amide bonds. The van der Waals surface area contributed by atoms with E-state index >= 15 is 0 Å². The van der Waals surface area contributed by atoms with Gasteiger partial charge in [-0.25, -0.2) is 19.9 Å². The summed E-state index contributed by atoms with van der Waals surface area (Å²) in [5, 5.41) is 7.36. The number of pyridine rings is 1. The Morgan fingerprint density at radius 1 is 1.19 bits per heavy atom.